The molecule has 4 heteroatoms. The second kappa shape index (κ2) is 7.08. The Hall–Kier alpha value is -1.84. The number of hydrogen-bond acceptors (Lipinski definition) is 2. The van der Waals surface area contributed by atoms with Crippen LogP contribution in [0.3, 0.4) is 0 Å². The van der Waals surface area contributed by atoms with Gasteiger partial charge in [0.2, 0.25) is 0 Å². The van der Waals surface area contributed by atoms with Crippen molar-refractivity contribution in [3.8, 4) is 0 Å². The van der Waals surface area contributed by atoms with Crippen molar-refractivity contribution in [3.05, 3.63) is 35.4 Å². The van der Waals surface area contributed by atoms with Gasteiger partial charge in [0.25, 0.3) is 0 Å². The first-order valence-corrected chi connectivity index (χ1v) is 7.36. The molecule has 0 fully saturated rings. The van der Waals surface area contributed by atoms with Crippen LogP contribution in [0.4, 0.5) is 0 Å². The number of benzene rings is 1. The van der Waals surface area contributed by atoms with Gasteiger partial charge in [-0.3, -0.25) is 9.59 Å². The Balaban J connectivity index is 1.86. The van der Waals surface area contributed by atoms with E-state index in [0.29, 0.717) is 19.6 Å². The number of nitrogens with zero attached hydrogens (tertiary/aromatic N) is 1. The maximum atomic E-state index is 12.1. The summed E-state index contributed by atoms with van der Waals surface area (Å²) in [6.07, 6.45) is 3.93. The summed E-state index contributed by atoms with van der Waals surface area (Å²) in [6, 6.07) is 8.09. The van der Waals surface area contributed by atoms with Crippen LogP contribution < -0.4 is 5.32 Å². The van der Waals surface area contributed by atoms with E-state index in [2.05, 4.69) is 18.3 Å². The molecule has 1 N–H and O–H groups in total. The third-order valence-corrected chi connectivity index (χ3v) is 3.68. The molecule has 0 atom stereocenters. The Bertz CT molecular complexity index is 485. The van der Waals surface area contributed by atoms with Crippen LogP contribution in [-0.4, -0.2) is 29.8 Å². The van der Waals surface area contributed by atoms with Crippen molar-refractivity contribution in [3.63, 3.8) is 0 Å². The average Bonchev–Trinajstić information content (AvgIpc) is 2.50. The van der Waals surface area contributed by atoms with Gasteiger partial charge in [0.1, 0.15) is 0 Å². The van der Waals surface area contributed by atoms with Gasteiger partial charge in [0.05, 0.1) is 0 Å². The molecule has 4 nitrogen and oxygen atoms in total. The number of rotatable bonds is 4. The zero-order valence-corrected chi connectivity index (χ0v) is 12.0. The summed E-state index contributed by atoms with van der Waals surface area (Å²) < 4.78 is 0. The zero-order valence-electron chi connectivity index (χ0n) is 12.0. The number of nitrogens with one attached hydrogen (secondary N) is 1. The molecule has 0 radical (unpaired) electrons. The monoisotopic (exact) mass is 274 g/mol. The Morgan fingerprint density at radius 2 is 1.95 bits per heavy atom. The summed E-state index contributed by atoms with van der Waals surface area (Å²) in [6.45, 7) is 3.86. The number of amides is 2. The normalized spacial score (nSPS) is 13.8. The molecular weight excluding hydrogens is 252 g/mol. The molecule has 0 aromatic heterocycles. The Labute approximate surface area is 120 Å². The molecule has 2 rings (SSSR count). The van der Waals surface area contributed by atoms with Crippen molar-refractivity contribution in [1.29, 1.82) is 0 Å². The van der Waals surface area contributed by atoms with Crippen molar-refractivity contribution in [1.82, 2.24) is 10.2 Å². The highest BCUT2D eigenvalue weighted by molar-refractivity contribution is 6.35. The lowest BCUT2D eigenvalue weighted by atomic mass is 10.00. The highest BCUT2D eigenvalue weighted by Crippen LogP contribution is 2.18. The lowest BCUT2D eigenvalue weighted by Gasteiger charge is -2.28. The molecule has 0 saturated carbocycles. The minimum atomic E-state index is -0.472. The molecule has 20 heavy (non-hydrogen) atoms. The van der Waals surface area contributed by atoms with Gasteiger partial charge in [-0.1, -0.05) is 44.0 Å². The fourth-order valence-corrected chi connectivity index (χ4v) is 2.47. The topological polar surface area (TPSA) is 49.4 Å². The second-order valence-electron chi connectivity index (χ2n) is 5.21. The summed E-state index contributed by atoms with van der Waals surface area (Å²) in [5.41, 5.74) is 2.42. The summed E-state index contributed by atoms with van der Waals surface area (Å²) in [7, 11) is 0. The van der Waals surface area contributed by atoms with Crippen LogP contribution >= 0.6 is 0 Å². The van der Waals surface area contributed by atoms with Crippen molar-refractivity contribution >= 4 is 11.8 Å². The molecule has 0 aliphatic carbocycles. The second-order valence-corrected chi connectivity index (χ2v) is 5.21. The van der Waals surface area contributed by atoms with E-state index >= 15 is 0 Å². The van der Waals surface area contributed by atoms with Crippen LogP contribution in [0.15, 0.2) is 24.3 Å². The minimum Gasteiger partial charge on any atom is -0.348 e. The van der Waals surface area contributed by atoms with E-state index in [4.69, 9.17) is 0 Å². The standard InChI is InChI=1S/C16H22N2O2/c1-2-3-6-10-17-15(19)16(20)18-11-9-13-7-4-5-8-14(13)12-18/h4-5,7-8H,2-3,6,9-12H2,1H3,(H,17,19). The molecule has 1 aliphatic rings. The van der Waals surface area contributed by atoms with Gasteiger partial charge in [-0.05, 0) is 24.0 Å². The number of unbranched alkanes of at least 4 members (excludes halogenated alkanes) is 2. The molecule has 108 valence electrons. The molecule has 1 aromatic carbocycles. The molecule has 0 spiro atoms. The van der Waals surface area contributed by atoms with Gasteiger partial charge in [0.15, 0.2) is 0 Å². The SMILES string of the molecule is CCCCCNC(=O)C(=O)N1CCc2ccccc2C1. The van der Waals surface area contributed by atoms with Crippen LogP contribution in [0.1, 0.15) is 37.3 Å². The number of carbonyl (C=O) groups is 2. The first-order valence-electron chi connectivity index (χ1n) is 7.36. The lowest BCUT2D eigenvalue weighted by Crippen LogP contribution is -2.45. The van der Waals surface area contributed by atoms with E-state index in [1.165, 1.54) is 5.56 Å². The molecular formula is C16H22N2O2. The van der Waals surface area contributed by atoms with Gasteiger partial charge in [-0.25, -0.2) is 0 Å². The summed E-state index contributed by atoms with van der Waals surface area (Å²) >= 11 is 0. The Morgan fingerprint density at radius 1 is 1.20 bits per heavy atom. The highest BCUT2D eigenvalue weighted by atomic mass is 16.2. The molecule has 0 unspecified atom stereocenters. The van der Waals surface area contributed by atoms with Crippen molar-refractivity contribution in [2.75, 3.05) is 13.1 Å². The summed E-state index contributed by atoms with van der Waals surface area (Å²) in [4.78, 5) is 25.5. The Kier molecular flexibility index (Phi) is 5.16. The quantitative estimate of drug-likeness (QED) is 0.673. The van der Waals surface area contributed by atoms with E-state index in [1.54, 1.807) is 4.90 Å². The van der Waals surface area contributed by atoms with E-state index in [1.807, 2.05) is 18.2 Å². The van der Waals surface area contributed by atoms with Gasteiger partial charge in [-0.2, -0.15) is 0 Å². The lowest BCUT2D eigenvalue weighted by molar-refractivity contribution is -0.146. The minimum absolute atomic E-state index is 0.406. The zero-order chi connectivity index (χ0) is 14.4. The predicted octanol–water partition coefficient (Wildman–Crippen LogP) is 1.88. The van der Waals surface area contributed by atoms with Crippen molar-refractivity contribution in [2.45, 2.75) is 39.2 Å². The molecule has 1 heterocycles. The first kappa shape index (κ1) is 14.6. The highest BCUT2D eigenvalue weighted by Gasteiger charge is 2.25. The van der Waals surface area contributed by atoms with Crippen LogP contribution in [0.2, 0.25) is 0 Å². The van der Waals surface area contributed by atoms with E-state index < -0.39 is 11.8 Å². The maximum Gasteiger partial charge on any atom is 0.312 e. The molecule has 2 amide bonds. The van der Waals surface area contributed by atoms with Gasteiger partial charge in [0, 0.05) is 19.6 Å². The van der Waals surface area contributed by atoms with Gasteiger partial charge < -0.3 is 10.2 Å². The van der Waals surface area contributed by atoms with E-state index in [-0.39, 0.29) is 0 Å². The number of carbonyl (C=O) groups excluding carboxylic acids is 2. The predicted molar refractivity (Wildman–Crippen MR) is 78.1 cm³/mol. The molecule has 0 saturated heterocycles. The fraction of sp³-hybridized carbons (Fsp3) is 0.500. The molecule has 1 aromatic rings. The van der Waals surface area contributed by atoms with Gasteiger partial charge >= 0.3 is 11.8 Å². The number of hydrogen-bond donors (Lipinski definition) is 1. The Morgan fingerprint density at radius 3 is 2.70 bits per heavy atom. The van der Waals surface area contributed by atoms with Crippen LogP contribution in [0.25, 0.3) is 0 Å². The summed E-state index contributed by atoms with van der Waals surface area (Å²) in [5.74, 6) is -0.878. The third-order valence-electron chi connectivity index (χ3n) is 3.68. The molecule has 0 bridgehead atoms. The van der Waals surface area contributed by atoms with E-state index in [0.717, 1.165) is 31.2 Å². The smallest absolute Gasteiger partial charge is 0.312 e. The number of fused-ring (bicyclic) bond motifs is 1. The van der Waals surface area contributed by atoms with E-state index in [9.17, 15) is 9.59 Å². The van der Waals surface area contributed by atoms with Gasteiger partial charge in [-0.15, -0.1) is 0 Å². The first-order chi connectivity index (χ1) is 9.72. The largest absolute Gasteiger partial charge is 0.348 e. The van der Waals surface area contributed by atoms with Crippen molar-refractivity contribution < 1.29 is 9.59 Å². The fourth-order valence-electron chi connectivity index (χ4n) is 2.47. The van der Waals surface area contributed by atoms with Crippen LogP contribution in [-0.2, 0) is 22.6 Å². The average molecular weight is 274 g/mol. The molecule has 1 aliphatic heterocycles. The van der Waals surface area contributed by atoms with Crippen LogP contribution in [0.5, 0.6) is 0 Å². The van der Waals surface area contributed by atoms with Crippen LogP contribution in [0, 0.1) is 0 Å². The summed E-state index contributed by atoms with van der Waals surface area (Å²) in [5, 5.41) is 2.71. The van der Waals surface area contributed by atoms with Crippen molar-refractivity contribution in [2.24, 2.45) is 0 Å². The third kappa shape index (κ3) is 3.59. The maximum absolute atomic E-state index is 12.1.